The normalized spacial score (nSPS) is 22.8. The lowest BCUT2D eigenvalue weighted by Gasteiger charge is -2.47. The first-order valence-electron chi connectivity index (χ1n) is 9.07. The lowest BCUT2D eigenvalue weighted by Crippen LogP contribution is -2.56. The molecular formula is C18H28N4O3. The van der Waals surface area contributed by atoms with Crippen molar-refractivity contribution < 1.29 is 14.3 Å². The summed E-state index contributed by atoms with van der Waals surface area (Å²) in [5.74, 6) is 0.506. The van der Waals surface area contributed by atoms with E-state index in [9.17, 15) is 9.59 Å². The number of hydrogen-bond donors (Lipinski definition) is 0. The number of carbonyl (C=O) groups is 2. The molecule has 7 heteroatoms. The Labute approximate surface area is 148 Å². The van der Waals surface area contributed by atoms with E-state index in [0.717, 1.165) is 18.4 Å². The molecule has 1 atom stereocenters. The lowest BCUT2D eigenvalue weighted by molar-refractivity contribution is -0.137. The van der Waals surface area contributed by atoms with Crippen molar-refractivity contribution in [2.45, 2.75) is 44.1 Å². The molecule has 3 rings (SSSR count). The molecule has 7 nitrogen and oxygen atoms in total. The Hall–Kier alpha value is -1.89. The number of methoxy groups -OCH3 is 1. The highest BCUT2D eigenvalue weighted by Crippen LogP contribution is 2.48. The summed E-state index contributed by atoms with van der Waals surface area (Å²) in [6, 6.07) is 0. The molecule has 3 heterocycles. The number of rotatable bonds is 5. The van der Waals surface area contributed by atoms with Gasteiger partial charge < -0.3 is 14.5 Å². The Morgan fingerprint density at radius 1 is 1.40 bits per heavy atom. The molecule has 0 aliphatic carbocycles. The summed E-state index contributed by atoms with van der Waals surface area (Å²) in [4.78, 5) is 28.8. The van der Waals surface area contributed by atoms with Crippen LogP contribution in [-0.4, -0.2) is 70.3 Å². The van der Waals surface area contributed by atoms with Gasteiger partial charge in [-0.25, -0.2) is 0 Å². The summed E-state index contributed by atoms with van der Waals surface area (Å²) in [7, 11) is 3.56. The van der Waals surface area contributed by atoms with E-state index in [4.69, 9.17) is 4.74 Å². The van der Waals surface area contributed by atoms with E-state index in [1.165, 1.54) is 0 Å². The van der Waals surface area contributed by atoms with Gasteiger partial charge in [-0.3, -0.25) is 14.3 Å². The summed E-state index contributed by atoms with van der Waals surface area (Å²) in [6.07, 6.45) is 6.57. The maximum absolute atomic E-state index is 12.8. The Kier molecular flexibility index (Phi) is 5.13. The van der Waals surface area contributed by atoms with E-state index in [0.29, 0.717) is 39.1 Å². The van der Waals surface area contributed by atoms with Crippen molar-refractivity contribution in [1.82, 2.24) is 19.6 Å². The van der Waals surface area contributed by atoms with Crippen LogP contribution in [0, 0.1) is 0 Å². The molecule has 0 saturated carbocycles. The van der Waals surface area contributed by atoms with E-state index < -0.39 is 0 Å². The first-order valence-corrected chi connectivity index (χ1v) is 9.07. The van der Waals surface area contributed by atoms with Crippen molar-refractivity contribution in [3.63, 3.8) is 0 Å². The topological polar surface area (TPSA) is 67.7 Å². The van der Waals surface area contributed by atoms with Crippen molar-refractivity contribution >= 4 is 11.8 Å². The molecule has 0 unspecified atom stereocenters. The molecule has 2 aliphatic heterocycles. The van der Waals surface area contributed by atoms with E-state index in [-0.39, 0.29) is 23.3 Å². The number of aryl methyl sites for hydroxylation is 1. The van der Waals surface area contributed by atoms with Crippen LogP contribution in [0.15, 0.2) is 12.4 Å². The van der Waals surface area contributed by atoms with Crippen molar-refractivity contribution in [3.8, 4) is 0 Å². The molecule has 138 valence electrons. The highest BCUT2D eigenvalue weighted by Gasteiger charge is 2.54. The van der Waals surface area contributed by atoms with Crippen LogP contribution >= 0.6 is 0 Å². The molecule has 25 heavy (non-hydrogen) atoms. The quantitative estimate of drug-likeness (QED) is 0.801. The molecule has 0 N–H and O–H groups in total. The highest BCUT2D eigenvalue weighted by molar-refractivity contribution is 5.82. The van der Waals surface area contributed by atoms with Crippen LogP contribution in [0.5, 0.6) is 0 Å². The second-order valence-electron chi connectivity index (χ2n) is 7.08. The number of aromatic nitrogens is 2. The van der Waals surface area contributed by atoms with Gasteiger partial charge in [0, 0.05) is 58.7 Å². The zero-order valence-electron chi connectivity index (χ0n) is 15.4. The molecule has 2 aliphatic rings. The third-order valence-corrected chi connectivity index (χ3v) is 5.80. The van der Waals surface area contributed by atoms with Crippen molar-refractivity contribution in [2.24, 2.45) is 7.05 Å². The van der Waals surface area contributed by atoms with E-state index in [2.05, 4.69) is 5.10 Å². The first-order chi connectivity index (χ1) is 12.0. The standard InChI is InChI=1S/C18H28N4O3/c1-4-16(23)21-7-5-18(6-8-21)15(14-12-19-20(2)13-14)11-17(24)22(18)9-10-25-3/h12-13,15H,4-11H2,1-3H3/t15-/m1/s1. The van der Waals surface area contributed by atoms with E-state index in [1.807, 2.05) is 36.2 Å². The minimum atomic E-state index is -0.233. The van der Waals surface area contributed by atoms with Gasteiger partial charge in [0.2, 0.25) is 11.8 Å². The smallest absolute Gasteiger partial charge is 0.223 e. The molecule has 1 aromatic rings. The summed E-state index contributed by atoms with van der Waals surface area (Å²) < 4.78 is 7.03. The van der Waals surface area contributed by atoms with Crippen LogP contribution in [0.25, 0.3) is 0 Å². The summed E-state index contributed by atoms with van der Waals surface area (Å²) in [6.45, 7) is 4.45. The van der Waals surface area contributed by atoms with Gasteiger partial charge in [-0.1, -0.05) is 6.92 Å². The number of amides is 2. The number of nitrogens with zero attached hydrogens (tertiary/aromatic N) is 4. The zero-order valence-corrected chi connectivity index (χ0v) is 15.4. The van der Waals surface area contributed by atoms with Crippen molar-refractivity contribution in [2.75, 3.05) is 33.4 Å². The van der Waals surface area contributed by atoms with Gasteiger partial charge >= 0.3 is 0 Å². The van der Waals surface area contributed by atoms with Crippen molar-refractivity contribution in [1.29, 1.82) is 0 Å². The lowest BCUT2D eigenvalue weighted by atomic mass is 9.74. The van der Waals surface area contributed by atoms with Gasteiger partial charge in [0.1, 0.15) is 0 Å². The summed E-state index contributed by atoms with van der Waals surface area (Å²) in [5.41, 5.74) is 0.884. The Morgan fingerprint density at radius 3 is 2.68 bits per heavy atom. The highest BCUT2D eigenvalue weighted by atomic mass is 16.5. The Bertz CT molecular complexity index is 634. The average molecular weight is 348 g/mol. The first kappa shape index (κ1) is 17.9. The third-order valence-electron chi connectivity index (χ3n) is 5.80. The zero-order chi connectivity index (χ0) is 18.0. The predicted octanol–water partition coefficient (Wildman–Crippen LogP) is 1.15. The average Bonchev–Trinajstić information content (AvgIpc) is 3.15. The van der Waals surface area contributed by atoms with Crippen LogP contribution in [0.2, 0.25) is 0 Å². The number of piperidine rings is 1. The predicted molar refractivity (Wildman–Crippen MR) is 93.0 cm³/mol. The molecule has 0 bridgehead atoms. The number of likely N-dealkylation sites (tertiary alicyclic amines) is 2. The van der Waals surface area contributed by atoms with Crippen LogP contribution in [0.1, 0.15) is 44.1 Å². The van der Waals surface area contributed by atoms with Gasteiger partial charge in [-0.15, -0.1) is 0 Å². The Morgan fingerprint density at radius 2 is 2.12 bits per heavy atom. The molecule has 2 saturated heterocycles. The van der Waals surface area contributed by atoms with Gasteiger partial charge in [0.05, 0.1) is 18.3 Å². The van der Waals surface area contributed by atoms with Gasteiger partial charge in [0.25, 0.3) is 0 Å². The van der Waals surface area contributed by atoms with Gasteiger partial charge in [0.15, 0.2) is 0 Å². The molecule has 1 aromatic heterocycles. The molecule has 2 amide bonds. The van der Waals surface area contributed by atoms with Crippen LogP contribution in [0.3, 0.4) is 0 Å². The largest absolute Gasteiger partial charge is 0.383 e. The van der Waals surface area contributed by atoms with Crippen LogP contribution < -0.4 is 0 Å². The van der Waals surface area contributed by atoms with E-state index >= 15 is 0 Å². The Balaban J connectivity index is 1.88. The molecule has 0 radical (unpaired) electrons. The van der Waals surface area contributed by atoms with Gasteiger partial charge in [-0.05, 0) is 18.4 Å². The number of carbonyl (C=O) groups excluding carboxylic acids is 2. The minimum Gasteiger partial charge on any atom is -0.383 e. The summed E-state index contributed by atoms with van der Waals surface area (Å²) in [5, 5.41) is 4.31. The van der Waals surface area contributed by atoms with Crippen LogP contribution in [-0.2, 0) is 21.4 Å². The van der Waals surface area contributed by atoms with E-state index in [1.54, 1.807) is 11.8 Å². The van der Waals surface area contributed by atoms with Crippen LogP contribution in [0.4, 0.5) is 0 Å². The molecule has 2 fully saturated rings. The fourth-order valence-electron chi connectivity index (χ4n) is 4.47. The molecule has 0 aromatic carbocycles. The number of hydrogen-bond acceptors (Lipinski definition) is 4. The second-order valence-corrected chi connectivity index (χ2v) is 7.08. The molecular weight excluding hydrogens is 320 g/mol. The summed E-state index contributed by atoms with van der Waals surface area (Å²) >= 11 is 0. The van der Waals surface area contributed by atoms with Gasteiger partial charge in [-0.2, -0.15) is 5.10 Å². The second kappa shape index (κ2) is 7.15. The number of ether oxygens (including phenoxy) is 1. The third kappa shape index (κ3) is 3.17. The fraction of sp³-hybridized carbons (Fsp3) is 0.722. The molecule has 1 spiro atoms. The monoisotopic (exact) mass is 348 g/mol. The maximum atomic E-state index is 12.8. The SMILES string of the molecule is CCC(=O)N1CCC2(CC1)[C@@H](c1cnn(C)c1)CC(=O)N2CCOC. The minimum absolute atomic E-state index is 0.129. The van der Waals surface area contributed by atoms with Crippen molar-refractivity contribution in [3.05, 3.63) is 18.0 Å². The fourth-order valence-corrected chi connectivity index (χ4v) is 4.47. The maximum Gasteiger partial charge on any atom is 0.223 e.